The summed E-state index contributed by atoms with van der Waals surface area (Å²) in [6, 6.07) is 6.55. The van der Waals surface area contributed by atoms with Crippen molar-refractivity contribution in [1.29, 1.82) is 0 Å². The Balaban J connectivity index is 1.57. The van der Waals surface area contributed by atoms with Crippen molar-refractivity contribution in [3.05, 3.63) is 35.4 Å². The highest BCUT2D eigenvalue weighted by molar-refractivity contribution is 6.20. The number of carbonyl (C=O) groups excluding carboxylic acids is 2. The molecule has 5 atom stereocenters. The zero-order valence-electron chi connectivity index (χ0n) is 17.4. The minimum absolute atomic E-state index is 0.0396. The van der Waals surface area contributed by atoms with Crippen molar-refractivity contribution < 1.29 is 42.8 Å². The fourth-order valence-electron chi connectivity index (χ4n) is 3.69. The standard InChI is InChI=1S/C20H27NO9/c1-24-11-14-15(25-2)16(26-3)17(27-4)20(30-14)28-9-10-29-21-18(22)12-7-5-6-8-13(12)19(21)23/h5-8,14-17,20H,9-11H2,1-4H3/t14-,15-,16+,17+,20+/m1/s1. The van der Waals surface area contributed by atoms with E-state index in [1.807, 2.05) is 0 Å². The average Bonchev–Trinajstić information content (AvgIpc) is 3.01. The van der Waals surface area contributed by atoms with Gasteiger partial charge in [0.2, 0.25) is 0 Å². The van der Waals surface area contributed by atoms with Gasteiger partial charge in [0.15, 0.2) is 6.29 Å². The second-order valence-electron chi connectivity index (χ2n) is 6.75. The van der Waals surface area contributed by atoms with E-state index < -0.39 is 42.5 Å². The van der Waals surface area contributed by atoms with Crippen LogP contribution in [0.3, 0.4) is 0 Å². The number of rotatable bonds is 10. The molecule has 2 aliphatic rings. The molecular weight excluding hydrogens is 398 g/mol. The number of carbonyl (C=O) groups is 2. The van der Waals surface area contributed by atoms with Crippen LogP contribution in [0.4, 0.5) is 0 Å². The average molecular weight is 425 g/mol. The van der Waals surface area contributed by atoms with Gasteiger partial charge >= 0.3 is 0 Å². The SMILES string of the molecule is COC[C@H]1O[C@H](OCCON2C(=O)c3ccccc3C2=O)[C@@H](OC)[C@@H](OC)[C@@H]1OC. The van der Waals surface area contributed by atoms with Crippen LogP contribution in [0.25, 0.3) is 0 Å². The van der Waals surface area contributed by atoms with Crippen molar-refractivity contribution in [3.63, 3.8) is 0 Å². The van der Waals surface area contributed by atoms with Gasteiger partial charge in [-0.2, -0.15) is 0 Å². The highest BCUT2D eigenvalue weighted by Gasteiger charge is 2.47. The highest BCUT2D eigenvalue weighted by Crippen LogP contribution is 2.28. The van der Waals surface area contributed by atoms with Crippen molar-refractivity contribution in [1.82, 2.24) is 5.06 Å². The molecule has 0 unspecified atom stereocenters. The smallest absolute Gasteiger partial charge is 0.285 e. The molecule has 30 heavy (non-hydrogen) atoms. The summed E-state index contributed by atoms with van der Waals surface area (Å²) in [7, 11) is 6.20. The maximum absolute atomic E-state index is 12.3. The third-order valence-corrected chi connectivity index (χ3v) is 5.08. The monoisotopic (exact) mass is 425 g/mol. The topological polar surface area (TPSA) is 102 Å². The van der Waals surface area contributed by atoms with Gasteiger partial charge in [0, 0.05) is 28.4 Å². The number of hydrogen-bond donors (Lipinski definition) is 0. The first-order chi connectivity index (χ1) is 14.6. The number of nitrogens with zero attached hydrogens (tertiary/aromatic N) is 1. The van der Waals surface area contributed by atoms with Crippen LogP contribution in [0.1, 0.15) is 20.7 Å². The van der Waals surface area contributed by atoms with E-state index in [0.717, 1.165) is 5.06 Å². The lowest BCUT2D eigenvalue weighted by Crippen LogP contribution is -2.61. The summed E-state index contributed by atoms with van der Waals surface area (Å²) in [5, 5.41) is 0.746. The quantitative estimate of drug-likeness (QED) is 0.395. The molecule has 0 radical (unpaired) electrons. The first-order valence-electron chi connectivity index (χ1n) is 9.52. The first kappa shape index (κ1) is 22.8. The molecule has 10 heteroatoms. The van der Waals surface area contributed by atoms with E-state index in [9.17, 15) is 9.59 Å². The second-order valence-corrected chi connectivity index (χ2v) is 6.75. The van der Waals surface area contributed by atoms with Gasteiger partial charge < -0.3 is 28.4 Å². The lowest BCUT2D eigenvalue weighted by atomic mass is 9.98. The van der Waals surface area contributed by atoms with E-state index in [4.69, 9.17) is 33.3 Å². The van der Waals surface area contributed by atoms with Crippen molar-refractivity contribution >= 4 is 11.8 Å². The van der Waals surface area contributed by atoms with Crippen LogP contribution in [-0.2, 0) is 33.3 Å². The normalized spacial score (nSPS) is 28.8. The molecule has 2 aliphatic heterocycles. The van der Waals surface area contributed by atoms with Crippen LogP contribution in [0.2, 0.25) is 0 Å². The number of hydrogen-bond acceptors (Lipinski definition) is 9. The van der Waals surface area contributed by atoms with E-state index >= 15 is 0 Å². The Morgan fingerprint density at radius 2 is 1.47 bits per heavy atom. The molecule has 3 rings (SSSR count). The van der Waals surface area contributed by atoms with Gasteiger partial charge in [-0.05, 0) is 12.1 Å². The number of fused-ring (bicyclic) bond motifs is 1. The summed E-state index contributed by atoms with van der Waals surface area (Å²) in [4.78, 5) is 30.0. The summed E-state index contributed by atoms with van der Waals surface area (Å²) in [5.41, 5.74) is 0.629. The number of ether oxygens (including phenoxy) is 6. The summed E-state index contributed by atoms with van der Waals surface area (Å²) >= 11 is 0. The fourth-order valence-corrected chi connectivity index (χ4v) is 3.69. The summed E-state index contributed by atoms with van der Waals surface area (Å²) in [6.07, 6.45) is -2.63. The predicted octanol–water partition coefficient (Wildman–Crippen LogP) is 0.647. The Kier molecular flexibility index (Phi) is 7.89. The maximum Gasteiger partial charge on any atom is 0.285 e. The molecular formula is C20H27NO9. The van der Waals surface area contributed by atoms with E-state index in [0.29, 0.717) is 11.1 Å². The molecule has 2 heterocycles. The van der Waals surface area contributed by atoms with Crippen LogP contribution in [0.15, 0.2) is 24.3 Å². The molecule has 2 amide bonds. The summed E-state index contributed by atoms with van der Waals surface area (Å²) < 4.78 is 33.5. The Bertz CT molecular complexity index is 708. The molecule has 1 aromatic rings. The van der Waals surface area contributed by atoms with Gasteiger partial charge in [0.1, 0.15) is 24.4 Å². The maximum atomic E-state index is 12.3. The third-order valence-electron chi connectivity index (χ3n) is 5.08. The van der Waals surface area contributed by atoms with Gasteiger partial charge in [-0.25, -0.2) is 0 Å². The molecule has 0 aromatic heterocycles. The summed E-state index contributed by atoms with van der Waals surface area (Å²) in [5.74, 6) is -0.997. The third kappa shape index (κ3) is 4.40. The number of methoxy groups -OCH3 is 4. The van der Waals surface area contributed by atoms with Crippen LogP contribution >= 0.6 is 0 Å². The molecule has 1 saturated heterocycles. The molecule has 166 valence electrons. The Morgan fingerprint density at radius 1 is 0.867 bits per heavy atom. The Labute approximate surface area is 174 Å². The van der Waals surface area contributed by atoms with Gasteiger partial charge in [0.05, 0.1) is 30.9 Å². The van der Waals surface area contributed by atoms with Gasteiger partial charge in [-0.1, -0.05) is 12.1 Å². The molecule has 1 aromatic carbocycles. The van der Waals surface area contributed by atoms with Crippen molar-refractivity contribution in [2.75, 3.05) is 48.3 Å². The van der Waals surface area contributed by atoms with Gasteiger partial charge in [-0.15, -0.1) is 5.06 Å². The Morgan fingerprint density at radius 3 is 2.00 bits per heavy atom. The number of benzene rings is 1. The minimum atomic E-state index is -0.780. The van der Waals surface area contributed by atoms with Crippen LogP contribution < -0.4 is 0 Å². The van der Waals surface area contributed by atoms with Crippen LogP contribution in [-0.4, -0.2) is 95.8 Å². The lowest BCUT2D eigenvalue weighted by Gasteiger charge is -2.44. The molecule has 1 fully saturated rings. The molecule has 0 bridgehead atoms. The summed E-state index contributed by atoms with van der Waals surface area (Å²) in [6.45, 7) is 0.286. The molecule has 0 spiro atoms. The van der Waals surface area contributed by atoms with Crippen molar-refractivity contribution in [2.45, 2.75) is 30.7 Å². The molecule has 10 nitrogen and oxygen atoms in total. The van der Waals surface area contributed by atoms with E-state index in [2.05, 4.69) is 0 Å². The highest BCUT2D eigenvalue weighted by atomic mass is 16.7. The van der Waals surface area contributed by atoms with Crippen molar-refractivity contribution in [3.8, 4) is 0 Å². The van der Waals surface area contributed by atoms with Gasteiger partial charge in [-0.3, -0.25) is 14.4 Å². The Hall–Kier alpha value is -1.92. The molecule has 0 aliphatic carbocycles. The number of hydroxylamine groups is 2. The van der Waals surface area contributed by atoms with E-state index in [-0.39, 0.29) is 19.8 Å². The second kappa shape index (κ2) is 10.4. The number of imide groups is 1. The molecule has 0 saturated carbocycles. The fraction of sp³-hybridized carbons (Fsp3) is 0.600. The lowest BCUT2D eigenvalue weighted by molar-refractivity contribution is -0.315. The minimum Gasteiger partial charge on any atom is -0.382 e. The number of amides is 2. The first-order valence-corrected chi connectivity index (χ1v) is 9.52. The molecule has 0 N–H and O–H groups in total. The van der Waals surface area contributed by atoms with E-state index in [1.54, 1.807) is 45.6 Å². The van der Waals surface area contributed by atoms with E-state index in [1.165, 1.54) is 7.11 Å². The van der Waals surface area contributed by atoms with Crippen molar-refractivity contribution in [2.24, 2.45) is 0 Å². The van der Waals surface area contributed by atoms with Crippen LogP contribution in [0.5, 0.6) is 0 Å². The predicted molar refractivity (Wildman–Crippen MR) is 102 cm³/mol. The van der Waals surface area contributed by atoms with Gasteiger partial charge in [0.25, 0.3) is 11.8 Å². The largest absolute Gasteiger partial charge is 0.382 e. The zero-order valence-corrected chi connectivity index (χ0v) is 17.4. The zero-order chi connectivity index (χ0) is 21.7. The van der Waals surface area contributed by atoms with Crippen LogP contribution in [0, 0.1) is 0 Å².